The molecule has 0 saturated carbocycles. The third-order valence-corrected chi connectivity index (χ3v) is 5.29. The number of thioether (sulfide) groups is 1. The fraction of sp³-hybridized carbons (Fsp3) is 0.526. The molecule has 0 fully saturated rings. The lowest BCUT2D eigenvalue weighted by atomic mass is 10.1. The average molecular weight is 333 g/mol. The van der Waals surface area contributed by atoms with Gasteiger partial charge in [0.15, 0.2) is 0 Å². The molecule has 0 aromatic heterocycles. The number of esters is 1. The van der Waals surface area contributed by atoms with Gasteiger partial charge in [-0.3, -0.25) is 0 Å². The van der Waals surface area contributed by atoms with Crippen LogP contribution in [0.4, 0.5) is 0 Å². The number of hydrogen-bond acceptors (Lipinski definition) is 4. The van der Waals surface area contributed by atoms with Crippen LogP contribution >= 0.6 is 11.8 Å². The summed E-state index contributed by atoms with van der Waals surface area (Å²) in [5, 5.41) is 2.26. The zero-order valence-electron chi connectivity index (χ0n) is 14.1. The number of hydrogen-bond donors (Lipinski definition) is 0. The van der Waals surface area contributed by atoms with Crippen LogP contribution in [-0.4, -0.2) is 29.4 Å². The summed E-state index contributed by atoms with van der Waals surface area (Å²) in [5.74, 6) is -0.218. The Labute approximate surface area is 144 Å². The second-order valence-corrected chi connectivity index (χ2v) is 7.02. The van der Waals surface area contributed by atoms with E-state index in [1.54, 1.807) is 11.8 Å². The first-order chi connectivity index (χ1) is 11.2. The highest BCUT2D eigenvalue weighted by atomic mass is 32.2. The van der Waals surface area contributed by atoms with Crippen LogP contribution in [0.25, 0.3) is 0 Å². The van der Waals surface area contributed by atoms with Gasteiger partial charge in [-0.1, -0.05) is 50.8 Å². The van der Waals surface area contributed by atoms with Crippen LogP contribution in [0.3, 0.4) is 0 Å². The molecule has 1 unspecified atom stereocenters. The van der Waals surface area contributed by atoms with Gasteiger partial charge in [-0.15, -0.1) is 11.8 Å². The van der Waals surface area contributed by atoms with E-state index in [9.17, 15) is 4.79 Å². The van der Waals surface area contributed by atoms with Gasteiger partial charge in [-0.25, -0.2) is 4.79 Å². The maximum absolute atomic E-state index is 12.4. The standard InChI is InChI=1S/C19H27NO2S/c1-3-4-5-6-10-13-17(18-20(2)14-15-23-18)22-19(21)16-11-8-7-9-12-16/h7-9,11-12,14-15,17-18H,3-6,10,13H2,1-2H3/t17-,18?/m1/s1. The van der Waals surface area contributed by atoms with Crippen molar-refractivity contribution in [2.75, 3.05) is 7.05 Å². The van der Waals surface area contributed by atoms with E-state index in [1.807, 2.05) is 37.4 Å². The molecular weight excluding hydrogens is 306 g/mol. The molecule has 23 heavy (non-hydrogen) atoms. The zero-order valence-corrected chi connectivity index (χ0v) is 14.9. The van der Waals surface area contributed by atoms with Crippen molar-refractivity contribution in [1.82, 2.24) is 4.90 Å². The molecule has 0 N–H and O–H groups in total. The second kappa shape index (κ2) is 9.66. The van der Waals surface area contributed by atoms with Crippen molar-refractivity contribution in [2.24, 2.45) is 0 Å². The highest BCUT2D eigenvalue weighted by molar-refractivity contribution is 8.02. The maximum atomic E-state index is 12.4. The first-order valence-electron chi connectivity index (χ1n) is 8.52. The molecule has 126 valence electrons. The summed E-state index contributed by atoms with van der Waals surface area (Å²) in [4.78, 5) is 14.5. The Hall–Kier alpha value is -1.42. The fourth-order valence-electron chi connectivity index (χ4n) is 2.73. The molecule has 1 aliphatic heterocycles. The van der Waals surface area contributed by atoms with Crippen molar-refractivity contribution in [3.63, 3.8) is 0 Å². The lowest BCUT2D eigenvalue weighted by Gasteiger charge is -2.29. The molecule has 2 rings (SSSR count). The third-order valence-electron chi connectivity index (χ3n) is 4.09. The second-order valence-electron chi connectivity index (χ2n) is 5.99. The van der Waals surface area contributed by atoms with E-state index in [0.717, 1.165) is 12.8 Å². The van der Waals surface area contributed by atoms with Gasteiger partial charge in [-0.2, -0.15) is 0 Å². The van der Waals surface area contributed by atoms with E-state index in [4.69, 9.17) is 4.74 Å². The van der Waals surface area contributed by atoms with Crippen molar-refractivity contribution in [1.29, 1.82) is 0 Å². The number of carbonyl (C=O) groups excluding carboxylic acids is 1. The van der Waals surface area contributed by atoms with Gasteiger partial charge >= 0.3 is 5.97 Å². The van der Waals surface area contributed by atoms with E-state index in [0.29, 0.717) is 5.56 Å². The van der Waals surface area contributed by atoms with Crippen LogP contribution in [-0.2, 0) is 4.74 Å². The van der Waals surface area contributed by atoms with Crippen molar-refractivity contribution >= 4 is 17.7 Å². The molecule has 0 saturated heterocycles. The molecule has 1 aromatic rings. The summed E-state index contributed by atoms with van der Waals surface area (Å²) in [7, 11) is 2.04. The Bertz CT molecular complexity index is 503. The number of benzene rings is 1. The smallest absolute Gasteiger partial charge is 0.338 e. The predicted octanol–water partition coefficient (Wildman–Crippen LogP) is 5.05. The molecule has 0 spiro atoms. The minimum atomic E-state index is -0.218. The van der Waals surface area contributed by atoms with Gasteiger partial charge in [0, 0.05) is 13.2 Å². The van der Waals surface area contributed by atoms with E-state index >= 15 is 0 Å². The summed E-state index contributed by atoms with van der Waals surface area (Å²) in [6, 6.07) is 9.27. The summed E-state index contributed by atoms with van der Waals surface area (Å²) in [5.41, 5.74) is 0.627. The topological polar surface area (TPSA) is 29.5 Å². The molecule has 1 heterocycles. The molecule has 0 aliphatic carbocycles. The number of likely N-dealkylation sites (N-methyl/N-ethyl adjacent to an activating group) is 1. The number of carbonyl (C=O) groups is 1. The molecule has 1 aliphatic rings. The maximum Gasteiger partial charge on any atom is 0.338 e. The van der Waals surface area contributed by atoms with E-state index in [2.05, 4.69) is 23.4 Å². The highest BCUT2D eigenvalue weighted by Gasteiger charge is 2.30. The summed E-state index contributed by atoms with van der Waals surface area (Å²) < 4.78 is 5.86. The SMILES string of the molecule is CCCCCCC[C@@H](OC(=O)c1ccccc1)C1SC=CN1C. The quantitative estimate of drug-likeness (QED) is 0.467. The number of nitrogens with zero attached hydrogens (tertiary/aromatic N) is 1. The van der Waals surface area contributed by atoms with Crippen molar-refractivity contribution in [3.05, 3.63) is 47.5 Å². The van der Waals surface area contributed by atoms with Gasteiger partial charge in [0.25, 0.3) is 0 Å². The highest BCUT2D eigenvalue weighted by Crippen LogP contribution is 2.30. The Morgan fingerprint density at radius 1 is 1.22 bits per heavy atom. The van der Waals surface area contributed by atoms with Crippen LogP contribution < -0.4 is 0 Å². The van der Waals surface area contributed by atoms with Crippen LogP contribution in [0.1, 0.15) is 55.8 Å². The molecule has 2 atom stereocenters. The van der Waals surface area contributed by atoms with Gasteiger partial charge in [0.1, 0.15) is 11.5 Å². The normalized spacial score (nSPS) is 18.2. The Balaban J connectivity index is 1.91. The number of ether oxygens (including phenoxy) is 1. The van der Waals surface area contributed by atoms with Crippen molar-refractivity contribution in [2.45, 2.75) is 56.9 Å². The van der Waals surface area contributed by atoms with Gasteiger partial charge in [0.05, 0.1) is 5.56 Å². The number of rotatable bonds is 9. The first-order valence-corrected chi connectivity index (χ1v) is 9.46. The van der Waals surface area contributed by atoms with Gasteiger partial charge < -0.3 is 9.64 Å². The Kier molecular flexibility index (Phi) is 7.53. The minimum Gasteiger partial charge on any atom is -0.456 e. The summed E-state index contributed by atoms with van der Waals surface area (Å²) in [6.45, 7) is 2.22. The van der Waals surface area contributed by atoms with Crippen LogP contribution in [0.2, 0.25) is 0 Å². The van der Waals surface area contributed by atoms with E-state index < -0.39 is 0 Å². The van der Waals surface area contributed by atoms with Gasteiger partial charge in [0.2, 0.25) is 0 Å². The summed E-state index contributed by atoms with van der Waals surface area (Å²) in [6.07, 6.45) is 9.02. The summed E-state index contributed by atoms with van der Waals surface area (Å²) >= 11 is 1.73. The molecule has 0 amide bonds. The van der Waals surface area contributed by atoms with Crippen LogP contribution in [0, 0.1) is 0 Å². The molecule has 0 radical (unpaired) electrons. The average Bonchev–Trinajstić information content (AvgIpc) is 3.00. The largest absolute Gasteiger partial charge is 0.456 e. The Morgan fingerprint density at radius 2 is 1.96 bits per heavy atom. The van der Waals surface area contributed by atoms with Gasteiger partial charge in [-0.05, 0) is 30.4 Å². The molecule has 3 nitrogen and oxygen atoms in total. The first kappa shape index (κ1) is 17.9. The van der Waals surface area contributed by atoms with E-state index in [-0.39, 0.29) is 17.4 Å². The Morgan fingerprint density at radius 3 is 2.61 bits per heavy atom. The fourth-order valence-corrected chi connectivity index (χ4v) is 3.78. The van der Waals surface area contributed by atoms with Crippen LogP contribution in [0.15, 0.2) is 41.9 Å². The lowest BCUT2D eigenvalue weighted by molar-refractivity contribution is 0.0189. The predicted molar refractivity (Wildman–Crippen MR) is 97.3 cm³/mol. The van der Waals surface area contributed by atoms with E-state index in [1.165, 1.54) is 25.7 Å². The molecule has 4 heteroatoms. The lowest BCUT2D eigenvalue weighted by Crippen LogP contribution is -2.36. The minimum absolute atomic E-state index is 0.0747. The molecule has 0 bridgehead atoms. The molecular formula is C19H27NO2S. The monoisotopic (exact) mass is 333 g/mol. The zero-order chi connectivity index (χ0) is 16.5. The number of unbranched alkanes of at least 4 members (excludes halogenated alkanes) is 4. The third kappa shape index (κ3) is 5.61. The van der Waals surface area contributed by atoms with Crippen LogP contribution in [0.5, 0.6) is 0 Å². The molecule has 1 aromatic carbocycles. The van der Waals surface area contributed by atoms with Crippen molar-refractivity contribution in [3.8, 4) is 0 Å². The van der Waals surface area contributed by atoms with Crippen molar-refractivity contribution < 1.29 is 9.53 Å².